The molecule has 2 N–H and O–H groups in total. The van der Waals surface area contributed by atoms with E-state index in [4.69, 9.17) is 21.4 Å². The number of carbonyl (C=O) groups excluding carboxylic acids is 2. The molecule has 9 heteroatoms. The van der Waals surface area contributed by atoms with Crippen LogP contribution in [0.4, 0.5) is 4.79 Å². The molecule has 2 amide bonds. The molecule has 0 spiro atoms. The molecular formula is C13H10ClNO6S. The molecule has 1 saturated heterocycles. The van der Waals surface area contributed by atoms with Gasteiger partial charge in [-0.05, 0) is 35.5 Å². The van der Waals surface area contributed by atoms with E-state index in [1.807, 2.05) is 0 Å². The lowest BCUT2D eigenvalue weighted by atomic mass is 10.2. The lowest BCUT2D eigenvalue weighted by Gasteiger charge is -2.08. The maximum atomic E-state index is 12.0. The van der Waals surface area contributed by atoms with Crippen molar-refractivity contribution in [3.63, 3.8) is 0 Å². The average molecular weight is 344 g/mol. The van der Waals surface area contributed by atoms with Crippen LogP contribution in [0.5, 0.6) is 11.5 Å². The Morgan fingerprint density at radius 2 is 2.14 bits per heavy atom. The van der Waals surface area contributed by atoms with Crippen LogP contribution in [0.15, 0.2) is 17.0 Å². The Morgan fingerprint density at radius 1 is 1.45 bits per heavy atom. The molecule has 1 aliphatic rings. The van der Waals surface area contributed by atoms with Crippen LogP contribution in [0, 0.1) is 0 Å². The zero-order valence-electron chi connectivity index (χ0n) is 11.2. The van der Waals surface area contributed by atoms with Gasteiger partial charge in [0.25, 0.3) is 11.1 Å². The summed E-state index contributed by atoms with van der Waals surface area (Å²) in [5.74, 6) is -2.10. The van der Waals surface area contributed by atoms with E-state index < -0.39 is 23.7 Å². The Morgan fingerprint density at radius 3 is 2.73 bits per heavy atom. The van der Waals surface area contributed by atoms with Gasteiger partial charge in [-0.15, -0.1) is 0 Å². The molecule has 0 aromatic heterocycles. The fourth-order valence-corrected chi connectivity index (χ4v) is 2.81. The number of hydrogen-bond acceptors (Lipinski definition) is 6. The fraction of sp³-hybridized carbons (Fsp3) is 0.154. The lowest BCUT2D eigenvalue weighted by molar-refractivity contribution is -0.140. The van der Waals surface area contributed by atoms with Crippen LogP contribution in [0.3, 0.4) is 0 Å². The minimum absolute atomic E-state index is 0.0235. The van der Waals surface area contributed by atoms with Gasteiger partial charge in [-0.1, -0.05) is 11.6 Å². The number of carboxylic acid groups (broad SMARTS) is 1. The lowest BCUT2D eigenvalue weighted by Crippen LogP contribution is -2.33. The summed E-state index contributed by atoms with van der Waals surface area (Å²) in [4.78, 5) is 35.0. The van der Waals surface area contributed by atoms with E-state index >= 15 is 0 Å². The zero-order valence-corrected chi connectivity index (χ0v) is 12.8. The van der Waals surface area contributed by atoms with E-state index in [0.29, 0.717) is 22.2 Å². The van der Waals surface area contributed by atoms with Crippen molar-refractivity contribution in [1.29, 1.82) is 0 Å². The number of carboxylic acids is 1. The number of carbonyl (C=O) groups is 3. The Labute approximate surface area is 134 Å². The summed E-state index contributed by atoms with van der Waals surface area (Å²) in [6, 6.07) is 2.83. The Kier molecular flexibility index (Phi) is 4.62. The number of phenols is 1. The van der Waals surface area contributed by atoms with Crippen molar-refractivity contribution in [3.05, 3.63) is 27.6 Å². The third-order valence-corrected chi connectivity index (χ3v) is 3.93. The van der Waals surface area contributed by atoms with E-state index in [0.717, 1.165) is 0 Å². The number of hydrogen-bond donors (Lipinski definition) is 2. The molecule has 0 unspecified atom stereocenters. The maximum absolute atomic E-state index is 12.0. The molecule has 0 atom stereocenters. The van der Waals surface area contributed by atoms with Crippen LogP contribution >= 0.6 is 23.4 Å². The van der Waals surface area contributed by atoms with Crippen LogP contribution < -0.4 is 4.74 Å². The topological polar surface area (TPSA) is 104 Å². The van der Waals surface area contributed by atoms with Gasteiger partial charge < -0.3 is 14.9 Å². The van der Waals surface area contributed by atoms with Gasteiger partial charge in [-0.3, -0.25) is 19.3 Å². The number of rotatable bonds is 4. The number of phenolic OH excluding ortho intramolecular Hbond substituents is 1. The van der Waals surface area contributed by atoms with Crippen molar-refractivity contribution in [2.45, 2.75) is 0 Å². The second kappa shape index (κ2) is 6.29. The maximum Gasteiger partial charge on any atom is 0.323 e. The summed E-state index contributed by atoms with van der Waals surface area (Å²) in [5, 5.41) is 17.7. The molecule has 7 nitrogen and oxygen atoms in total. The molecule has 1 heterocycles. The van der Waals surface area contributed by atoms with E-state index in [2.05, 4.69) is 0 Å². The predicted octanol–water partition coefficient (Wildman–Crippen LogP) is 2.18. The molecule has 0 bridgehead atoms. The number of thioether (sulfide) groups is 1. The number of aliphatic carboxylic acids is 1. The zero-order chi connectivity index (χ0) is 16.4. The predicted molar refractivity (Wildman–Crippen MR) is 80.0 cm³/mol. The van der Waals surface area contributed by atoms with Gasteiger partial charge in [-0.25, -0.2) is 0 Å². The van der Waals surface area contributed by atoms with E-state index in [1.54, 1.807) is 0 Å². The number of ether oxygens (including phenoxy) is 1. The normalized spacial score (nSPS) is 16.5. The second-order valence-corrected chi connectivity index (χ2v) is 5.62. The highest BCUT2D eigenvalue weighted by Crippen LogP contribution is 2.37. The van der Waals surface area contributed by atoms with E-state index in [1.165, 1.54) is 25.3 Å². The van der Waals surface area contributed by atoms with Crippen molar-refractivity contribution < 1.29 is 29.3 Å². The van der Waals surface area contributed by atoms with Crippen LogP contribution in [-0.4, -0.2) is 45.9 Å². The number of methoxy groups -OCH3 is 1. The standard InChI is InChI=1S/C13H10ClNO6S/c1-21-8-3-6(2-7(14)11(8)18)4-9-12(19)15(5-10(16)17)13(20)22-9/h2-4,18H,5H2,1H3,(H,16,17)/b9-4+. The fourth-order valence-electron chi connectivity index (χ4n) is 1.76. The summed E-state index contributed by atoms with van der Waals surface area (Å²) in [6.45, 7) is -0.693. The van der Waals surface area contributed by atoms with Gasteiger partial charge in [0.1, 0.15) is 6.54 Å². The first-order valence-corrected chi connectivity index (χ1v) is 7.06. The third-order valence-electron chi connectivity index (χ3n) is 2.74. The average Bonchev–Trinajstić information content (AvgIpc) is 2.70. The van der Waals surface area contributed by atoms with Crippen molar-refractivity contribution in [2.75, 3.05) is 13.7 Å². The molecule has 2 rings (SSSR count). The molecule has 1 fully saturated rings. The van der Waals surface area contributed by atoms with Gasteiger partial charge >= 0.3 is 5.97 Å². The summed E-state index contributed by atoms with van der Waals surface area (Å²) in [5.41, 5.74) is 0.431. The second-order valence-electron chi connectivity index (χ2n) is 4.22. The molecule has 0 saturated carbocycles. The molecule has 1 aromatic carbocycles. The van der Waals surface area contributed by atoms with Crippen LogP contribution in [-0.2, 0) is 9.59 Å². The van der Waals surface area contributed by atoms with Gasteiger partial charge in [0, 0.05) is 0 Å². The monoisotopic (exact) mass is 343 g/mol. The Bertz CT molecular complexity index is 702. The first-order chi connectivity index (χ1) is 10.3. The number of amides is 2. The highest BCUT2D eigenvalue weighted by Gasteiger charge is 2.36. The van der Waals surface area contributed by atoms with E-state index in [-0.39, 0.29) is 21.4 Å². The van der Waals surface area contributed by atoms with Crippen molar-refractivity contribution in [1.82, 2.24) is 4.90 Å². The smallest absolute Gasteiger partial charge is 0.323 e. The number of nitrogens with zero attached hydrogens (tertiary/aromatic N) is 1. The Balaban J connectivity index is 2.34. The van der Waals surface area contributed by atoms with Crippen molar-refractivity contribution in [2.24, 2.45) is 0 Å². The third kappa shape index (κ3) is 3.18. The number of benzene rings is 1. The number of halogens is 1. The molecule has 0 radical (unpaired) electrons. The quantitative estimate of drug-likeness (QED) is 0.807. The first kappa shape index (κ1) is 16.2. The van der Waals surface area contributed by atoms with Crippen LogP contribution in [0.1, 0.15) is 5.56 Å². The summed E-state index contributed by atoms with van der Waals surface area (Å²) >= 11 is 6.47. The minimum atomic E-state index is -1.28. The number of aromatic hydroxyl groups is 1. The Hall–Kier alpha value is -2.19. The summed E-state index contributed by atoms with van der Waals surface area (Å²) in [7, 11) is 1.34. The van der Waals surface area contributed by atoms with Crippen LogP contribution in [0.25, 0.3) is 6.08 Å². The largest absolute Gasteiger partial charge is 0.503 e. The molecular weight excluding hydrogens is 334 g/mol. The van der Waals surface area contributed by atoms with Gasteiger partial charge in [0.05, 0.1) is 17.0 Å². The highest BCUT2D eigenvalue weighted by molar-refractivity contribution is 8.18. The van der Waals surface area contributed by atoms with Crippen molar-refractivity contribution in [3.8, 4) is 11.5 Å². The minimum Gasteiger partial charge on any atom is -0.503 e. The van der Waals surface area contributed by atoms with Gasteiger partial charge in [0.15, 0.2) is 11.5 Å². The van der Waals surface area contributed by atoms with Crippen LogP contribution in [0.2, 0.25) is 5.02 Å². The highest BCUT2D eigenvalue weighted by atomic mass is 35.5. The first-order valence-electron chi connectivity index (χ1n) is 5.87. The van der Waals surface area contributed by atoms with E-state index in [9.17, 15) is 19.5 Å². The van der Waals surface area contributed by atoms with Gasteiger partial charge in [-0.2, -0.15) is 0 Å². The summed E-state index contributed by atoms with van der Waals surface area (Å²) < 4.78 is 4.94. The summed E-state index contributed by atoms with van der Waals surface area (Å²) in [6.07, 6.45) is 1.38. The van der Waals surface area contributed by atoms with Crippen molar-refractivity contribution >= 4 is 46.6 Å². The number of imide groups is 1. The molecule has 1 aliphatic heterocycles. The SMILES string of the molecule is COc1cc(/C=C2/SC(=O)N(CC(=O)O)C2=O)cc(Cl)c1O. The molecule has 22 heavy (non-hydrogen) atoms. The molecule has 116 valence electrons. The molecule has 1 aromatic rings. The molecule has 0 aliphatic carbocycles. The van der Waals surface area contributed by atoms with Gasteiger partial charge in [0.2, 0.25) is 0 Å².